The standard InChI is InChI=1S/C10H15.3ClH.V/c1-3-9(4-2)10-7-5-6-8-10;;;;/h5,7,9H,3-4,6H2,1-2H3;3*1H;/q-1;;;;. The van der Waals surface area contributed by atoms with Gasteiger partial charge in [-0.2, -0.15) is 6.08 Å². The quantitative estimate of drug-likeness (QED) is 0.678. The molecule has 0 saturated heterocycles. The van der Waals surface area contributed by atoms with Crippen molar-refractivity contribution in [1.82, 2.24) is 0 Å². The molecule has 14 heavy (non-hydrogen) atoms. The van der Waals surface area contributed by atoms with Crippen molar-refractivity contribution >= 4 is 37.2 Å². The Labute approximate surface area is 118 Å². The van der Waals surface area contributed by atoms with Crippen molar-refractivity contribution in [3.8, 4) is 0 Å². The minimum atomic E-state index is 0. The van der Waals surface area contributed by atoms with Crippen molar-refractivity contribution in [2.45, 2.75) is 33.1 Å². The normalized spacial score (nSPS) is 11.8. The zero-order chi connectivity index (χ0) is 7.40. The predicted octanol–water partition coefficient (Wildman–Crippen LogP) is 4.37. The number of allylic oxidation sites excluding steroid dienone is 4. The molecular weight excluding hydrogens is 277 g/mol. The van der Waals surface area contributed by atoms with Crippen molar-refractivity contribution < 1.29 is 18.6 Å². The van der Waals surface area contributed by atoms with E-state index in [0.29, 0.717) is 0 Å². The average molecular weight is 296 g/mol. The first-order chi connectivity index (χ1) is 4.88. The molecule has 0 heterocycles. The van der Waals surface area contributed by atoms with Gasteiger partial charge in [-0.05, 0) is 0 Å². The van der Waals surface area contributed by atoms with Crippen molar-refractivity contribution in [1.29, 1.82) is 0 Å². The molecule has 0 aromatic rings. The van der Waals surface area contributed by atoms with Gasteiger partial charge in [0.05, 0.1) is 0 Å². The van der Waals surface area contributed by atoms with Gasteiger partial charge in [0.25, 0.3) is 0 Å². The maximum Gasteiger partial charge on any atom is 0 e. The van der Waals surface area contributed by atoms with Crippen LogP contribution in [-0.2, 0) is 18.6 Å². The van der Waals surface area contributed by atoms with Crippen molar-refractivity contribution in [2.24, 2.45) is 5.92 Å². The molecule has 0 aromatic carbocycles. The van der Waals surface area contributed by atoms with Crippen LogP contribution >= 0.6 is 37.2 Å². The van der Waals surface area contributed by atoms with Gasteiger partial charge >= 0.3 is 0 Å². The number of halogens is 3. The van der Waals surface area contributed by atoms with Gasteiger partial charge in [0.15, 0.2) is 0 Å². The largest absolute Gasteiger partial charge is 0.269 e. The van der Waals surface area contributed by atoms with Gasteiger partial charge in [0.1, 0.15) is 0 Å². The van der Waals surface area contributed by atoms with Crippen LogP contribution in [0.15, 0.2) is 17.7 Å². The molecule has 1 rings (SSSR count). The van der Waals surface area contributed by atoms with E-state index >= 15 is 0 Å². The average Bonchev–Trinajstić information content (AvgIpc) is 2.43. The van der Waals surface area contributed by atoms with Gasteiger partial charge < -0.3 is 0 Å². The summed E-state index contributed by atoms with van der Waals surface area (Å²) in [6.07, 6.45) is 11.3. The summed E-state index contributed by atoms with van der Waals surface area (Å²) in [5.41, 5.74) is 1.44. The van der Waals surface area contributed by atoms with E-state index < -0.39 is 0 Å². The zero-order valence-corrected chi connectivity index (χ0v) is 12.4. The Morgan fingerprint density at radius 1 is 1.21 bits per heavy atom. The molecular formula is C10H18Cl3V-. The van der Waals surface area contributed by atoms with Crippen LogP contribution in [-0.4, -0.2) is 0 Å². The fraction of sp³-hybridized carbons (Fsp3) is 0.600. The first-order valence-electron chi connectivity index (χ1n) is 4.15. The molecule has 0 fully saturated rings. The molecule has 85 valence electrons. The van der Waals surface area contributed by atoms with Crippen LogP contribution in [0.4, 0.5) is 0 Å². The molecule has 0 saturated carbocycles. The number of rotatable bonds is 3. The maximum atomic E-state index is 3.36. The molecule has 0 unspecified atom stereocenters. The molecule has 0 N–H and O–H groups in total. The second kappa shape index (κ2) is 13.9. The van der Waals surface area contributed by atoms with Gasteiger partial charge in [0.2, 0.25) is 0 Å². The fourth-order valence-corrected chi connectivity index (χ4v) is 1.43. The Kier molecular flexibility index (Phi) is 24.1. The zero-order valence-electron chi connectivity index (χ0n) is 8.53. The topological polar surface area (TPSA) is 0 Å². The monoisotopic (exact) mass is 294 g/mol. The van der Waals surface area contributed by atoms with Crippen molar-refractivity contribution in [3.05, 3.63) is 23.8 Å². The minimum Gasteiger partial charge on any atom is -0.269 e. The van der Waals surface area contributed by atoms with E-state index in [0.717, 1.165) is 12.3 Å². The summed E-state index contributed by atoms with van der Waals surface area (Å²) in [6.45, 7) is 4.49. The number of hydrogen-bond acceptors (Lipinski definition) is 0. The van der Waals surface area contributed by atoms with Crippen LogP contribution in [0.3, 0.4) is 0 Å². The Morgan fingerprint density at radius 2 is 1.71 bits per heavy atom. The van der Waals surface area contributed by atoms with Crippen molar-refractivity contribution in [3.63, 3.8) is 0 Å². The Hall–Kier alpha value is 0.934. The van der Waals surface area contributed by atoms with Crippen LogP contribution in [0, 0.1) is 12.0 Å². The third kappa shape index (κ3) is 7.26. The molecule has 1 aliphatic rings. The molecule has 0 nitrogen and oxygen atoms in total. The summed E-state index contributed by atoms with van der Waals surface area (Å²) in [6, 6.07) is 0. The van der Waals surface area contributed by atoms with Crippen LogP contribution in [0.5, 0.6) is 0 Å². The van der Waals surface area contributed by atoms with Crippen LogP contribution in [0.2, 0.25) is 0 Å². The smallest absolute Gasteiger partial charge is 0 e. The third-order valence-corrected chi connectivity index (χ3v) is 2.15. The molecule has 1 aliphatic carbocycles. The summed E-state index contributed by atoms with van der Waals surface area (Å²) >= 11 is 0. The Bertz CT molecular complexity index is 163. The van der Waals surface area contributed by atoms with Gasteiger partial charge in [-0.15, -0.1) is 43.6 Å². The summed E-state index contributed by atoms with van der Waals surface area (Å²) in [7, 11) is 0. The van der Waals surface area contributed by atoms with Gasteiger partial charge in [-0.25, -0.2) is 11.6 Å². The Balaban J connectivity index is -0.000000125. The Morgan fingerprint density at radius 3 is 2.00 bits per heavy atom. The molecule has 0 bridgehead atoms. The minimum absolute atomic E-state index is 0. The van der Waals surface area contributed by atoms with Gasteiger partial charge in [0, 0.05) is 18.6 Å². The van der Waals surface area contributed by atoms with Gasteiger partial charge in [-0.3, -0.25) is 6.08 Å². The summed E-state index contributed by atoms with van der Waals surface area (Å²) < 4.78 is 0. The summed E-state index contributed by atoms with van der Waals surface area (Å²) in [4.78, 5) is 0. The van der Waals surface area contributed by atoms with Crippen molar-refractivity contribution in [2.75, 3.05) is 0 Å². The van der Waals surface area contributed by atoms with E-state index in [9.17, 15) is 0 Å². The molecule has 0 amide bonds. The second-order valence-electron chi connectivity index (χ2n) is 2.75. The molecule has 4 heteroatoms. The second-order valence-corrected chi connectivity index (χ2v) is 2.75. The molecule has 1 radical (unpaired) electrons. The van der Waals surface area contributed by atoms with Crippen LogP contribution in [0.1, 0.15) is 33.1 Å². The van der Waals surface area contributed by atoms with E-state index in [4.69, 9.17) is 0 Å². The van der Waals surface area contributed by atoms with E-state index in [1.807, 2.05) is 0 Å². The van der Waals surface area contributed by atoms with Crippen LogP contribution < -0.4 is 0 Å². The van der Waals surface area contributed by atoms with E-state index in [1.54, 1.807) is 0 Å². The molecule has 0 spiro atoms. The SMILES string of the molecule is CCC(CC)C1=[C-]CC=C1.Cl.Cl.Cl.[V]. The first-order valence-corrected chi connectivity index (χ1v) is 4.15. The van der Waals surface area contributed by atoms with Gasteiger partial charge in [-0.1, -0.05) is 32.6 Å². The fourth-order valence-electron chi connectivity index (χ4n) is 1.43. The third-order valence-electron chi connectivity index (χ3n) is 2.15. The summed E-state index contributed by atoms with van der Waals surface area (Å²) in [5.74, 6) is 0.763. The molecule has 0 atom stereocenters. The first kappa shape index (κ1) is 24.3. The van der Waals surface area contributed by atoms with E-state index in [1.165, 1.54) is 18.4 Å². The van der Waals surface area contributed by atoms with Crippen LogP contribution in [0.25, 0.3) is 0 Å². The van der Waals surface area contributed by atoms with E-state index in [2.05, 4.69) is 32.1 Å². The maximum absolute atomic E-state index is 3.36. The predicted molar refractivity (Wildman–Crippen MR) is 66.3 cm³/mol. The van der Waals surface area contributed by atoms with E-state index in [-0.39, 0.29) is 55.8 Å². The molecule has 0 aliphatic heterocycles. The molecule has 0 aromatic heterocycles. The number of hydrogen-bond donors (Lipinski definition) is 0. The summed E-state index contributed by atoms with van der Waals surface area (Å²) in [5, 5.41) is 0.